The molecule has 3 aliphatic rings. The summed E-state index contributed by atoms with van der Waals surface area (Å²) in [5.41, 5.74) is 7.50. The summed E-state index contributed by atoms with van der Waals surface area (Å²) in [6, 6.07) is 6.62. The first-order chi connectivity index (χ1) is 44.1. The Morgan fingerprint density at radius 1 is 0.728 bits per heavy atom. The van der Waals surface area contributed by atoms with E-state index in [9.17, 15) is 69.3 Å². The van der Waals surface area contributed by atoms with Crippen molar-refractivity contribution in [3.8, 4) is 38.4 Å². The van der Waals surface area contributed by atoms with Crippen molar-refractivity contribution < 1.29 is 88.6 Å². The van der Waals surface area contributed by atoms with E-state index in [1.54, 1.807) is 19.2 Å². The highest BCUT2D eigenvalue weighted by atomic mass is 32.1. The summed E-state index contributed by atoms with van der Waals surface area (Å²) >= 11 is 1.30. The van der Waals surface area contributed by atoms with Gasteiger partial charge in [-0.05, 0) is 86.8 Å². The maximum Gasteiger partial charge on any atom is 0.251 e. The number of hydrogen-bond acceptors (Lipinski definition) is 23. The van der Waals surface area contributed by atoms with E-state index >= 15 is 0 Å². The molecule has 504 valence electrons. The molecule has 3 fully saturated rings. The number of amides is 7. The predicted molar refractivity (Wildman–Crippen MR) is 333 cm³/mol. The van der Waals surface area contributed by atoms with Crippen molar-refractivity contribution in [1.29, 1.82) is 0 Å². The Bertz CT molecular complexity index is 3090. The van der Waals surface area contributed by atoms with E-state index in [1.807, 2.05) is 24.3 Å². The van der Waals surface area contributed by atoms with E-state index in [4.69, 9.17) is 25.1 Å². The van der Waals surface area contributed by atoms with Crippen molar-refractivity contribution in [2.75, 3.05) is 72.8 Å². The highest BCUT2D eigenvalue weighted by molar-refractivity contribution is 7.17. The summed E-state index contributed by atoms with van der Waals surface area (Å²) in [4.78, 5) is 103. The maximum atomic E-state index is 14.8. The highest BCUT2D eigenvalue weighted by Gasteiger charge is 2.50. The molecule has 3 saturated heterocycles. The van der Waals surface area contributed by atoms with Crippen LogP contribution in [0.25, 0.3) is 21.1 Å². The number of nitrogens with one attached hydrogen (secondary N) is 6. The first-order valence-corrected chi connectivity index (χ1v) is 31.8. The van der Waals surface area contributed by atoms with Crippen LogP contribution in [0, 0.1) is 5.92 Å². The second-order valence-electron chi connectivity index (χ2n) is 23.3. The number of phenolic OH excluding ortho intramolecular Hbond substituents is 1. The number of carbonyl (C=O) groups excluding carboxylic acids is 7. The molecule has 3 aromatic carbocycles. The average molecular weight is 1310 g/mol. The Morgan fingerprint density at radius 3 is 2.03 bits per heavy atom. The van der Waals surface area contributed by atoms with Gasteiger partial charge in [-0.2, -0.15) is 0 Å². The quantitative estimate of drug-likeness (QED) is 0.0297. The molecular formula is C62H87N11O18S. The van der Waals surface area contributed by atoms with Crippen LogP contribution in [0.5, 0.6) is 17.2 Å². The summed E-state index contributed by atoms with van der Waals surface area (Å²) in [6.07, 6.45) is -6.70. The Morgan fingerprint density at radius 2 is 1.37 bits per heavy atom. The van der Waals surface area contributed by atoms with E-state index < -0.39 is 152 Å². The van der Waals surface area contributed by atoms with E-state index in [0.717, 1.165) is 66.7 Å². The molecule has 29 nitrogen and oxygen atoms in total. The van der Waals surface area contributed by atoms with Gasteiger partial charge in [0.1, 0.15) is 58.6 Å². The van der Waals surface area contributed by atoms with Crippen molar-refractivity contribution in [3.63, 3.8) is 0 Å². The number of unbranched alkanes of at least 4 members (excludes halogenated alkanes) is 4. The first kappa shape index (κ1) is 71.9. The molecule has 7 amide bonds. The van der Waals surface area contributed by atoms with Crippen LogP contribution in [-0.4, -0.2) is 248 Å². The van der Waals surface area contributed by atoms with E-state index in [0.29, 0.717) is 22.2 Å². The lowest BCUT2D eigenvalue weighted by molar-refractivity contribution is -0.147. The number of fused-ring (bicyclic) bond motifs is 2. The Kier molecular flexibility index (Phi) is 27.3. The molecule has 0 bridgehead atoms. The molecule has 1 unspecified atom stereocenters. The summed E-state index contributed by atoms with van der Waals surface area (Å²) in [5.74, 6) is -7.99. The van der Waals surface area contributed by atoms with Gasteiger partial charge in [0.15, 0.2) is 11.5 Å². The van der Waals surface area contributed by atoms with Crippen molar-refractivity contribution in [1.82, 2.24) is 51.9 Å². The third kappa shape index (κ3) is 19.5. The van der Waals surface area contributed by atoms with Crippen molar-refractivity contribution in [3.05, 3.63) is 77.9 Å². The zero-order chi connectivity index (χ0) is 66.6. The van der Waals surface area contributed by atoms with E-state index in [2.05, 4.69) is 42.1 Å². The van der Waals surface area contributed by atoms with Gasteiger partial charge in [-0.3, -0.25) is 33.6 Å². The lowest BCUT2D eigenvalue weighted by Crippen LogP contribution is -2.64. The lowest BCUT2D eigenvalue weighted by Gasteiger charge is -2.34. The summed E-state index contributed by atoms with van der Waals surface area (Å²) in [5, 5.41) is 114. The Hall–Kier alpha value is -7.49. The minimum absolute atomic E-state index is 0.0300. The molecule has 0 saturated carbocycles. The zero-order valence-corrected chi connectivity index (χ0v) is 52.5. The number of hydrogen-bond donors (Lipinski definition) is 15. The number of nitrogens with zero attached hydrogens (tertiary/aromatic N) is 4. The van der Waals surface area contributed by atoms with Crippen molar-refractivity contribution in [2.45, 2.75) is 145 Å². The number of aromatic nitrogens is 2. The molecule has 0 aliphatic carbocycles. The fourth-order valence-corrected chi connectivity index (χ4v) is 11.9. The molecule has 3 aliphatic heterocycles. The van der Waals surface area contributed by atoms with Crippen LogP contribution in [0.2, 0.25) is 0 Å². The number of aliphatic hydroxyl groups excluding tert-OH is 7. The number of rotatable bonds is 26. The smallest absolute Gasteiger partial charge is 0.251 e. The largest absolute Gasteiger partial charge is 0.504 e. The molecule has 0 radical (unpaired) electrons. The number of carbonyl (C=O) groups is 7. The Labute approximate surface area is 536 Å². The number of ether oxygens (including phenoxy) is 3. The van der Waals surface area contributed by atoms with Gasteiger partial charge >= 0.3 is 0 Å². The number of methoxy groups -OCH3 is 1. The third-order valence-corrected chi connectivity index (χ3v) is 17.2. The van der Waals surface area contributed by atoms with Crippen LogP contribution in [-0.2, 0) is 39.9 Å². The number of aliphatic hydroxyl groups is 7. The fraction of sp³-hybridized carbons (Fsp3) is 0.565. The molecule has 4 heterocycles. The predicted octanol–water partition coefficient (Wildman–Crippen LogP) is -2.19. The van der Waals surface area contributed by atoms with Crippen molar-refractivity contribution >= 4 is 52.7 Å². The molecular weight excluding hydrogens is 1220 g/mol. The molecule has 1 aromatic heterocycles. The molecule has 13 atom stereocenters. The highest BCUT2D eigenvalue weighted by Crippen LogP contribution is 2.33. The summed E-state index contributed by atoms with van der Waals surface area (Å²) in [7, 11) is 1.70. The number of nitrogens with two attached hydrogens (primary N) is 1. The molecule has 4 aromatic rings. The first-order valence-electron chi connectivity index (χ1n) is 30.9. The van der Waals surface area contributed by atoms with Crippen LogP contribution >= 0.6 is 11.3 Å². The zero-order valence-electron chi connectivity index (χ0n) is 51.7. The van der Waals surface area contributed by atoms with Crippen LogP contribution in [0.4, 0.5) is 0 Å². The molecule has 30 heteroatoms. The topological polar surface area (TPSA) is 439 Å². The van der Waals surface area contributed by atoms with Crippen LogP contribution in [0.1, 0.15) is 81.1 Å². The van der Waals surface area contributed by atoms with Gasteiger partial charge in [0, 0.05) is 88.3 Å². The minimum Gasteiger partial charge on any atom is -0.504 e. The molecule has 7 rings (SSSR count). The normalized spacial score (nSPS) is 24.7. The molecule has 0 spiro atoms. The number of benzene rings is 3. The standard InChI is InChI=1S/C62H87N11O18S/c1-34-32-73-52(53(34)81)58(86)65-31-40(76)29-43(66-54(82)37-10-12-38(13-11-37)59-70-71-60(92-59)39-14-16-42(17-15-39)90-25-8-6-4-5-7-24-89-3)55(83)67-49(35(2)75)61(87)72-33-41(77)30-44(72)56(84)68-50(57(85)69-51(62(73)88)46(79)19-20-63)47(80)27-36-9-18-45(78)48(28-36)91-26-22-64-21-23-74/h9-18,28,34-35,40-41,43-44,46-47,49-53,64,74-81H,4-8,19-27,29-33,63H2,1-3H3,(H,65,86)(H,66,82)(H,67,83)(H,68,84)(H,69,85)/t34-,35+,40+,41+,43?,44-,46+,47+,49-,50-,51-,52-,53-/m0/s1. The summed E-state index contributed by atoms with van der Waals surface area (Å²) < 4.78 is 16.7. The van der Waals surface area contributed by atoms with E-state index in [-0.39, 0.29) is 68.4 Å². The summed E-state index contributed by atoms with van der Waals surface area (Å²) in [6.45, 7) is 2.76. The fourth-order valence-electron chi connectivity index (χ4n) is 11.1. The van der Waals surface area contributed by atoms with Crippen LogP contribution in [0.15, 0.2) is 66.7 Å². The second-order valence-corrected chi connectivity index (χ2v) is 24.3. The monoisotopic (exact) mass is 1310 g/mol. The van der Waals surface area contributed by atoms with Gasteiger partial charge in [-0.1, -0.05) is 55.7 Å². The van der Waals surface area contributed by atoms with Gasteiger partial charge in [0.05, 0.1) is 49.8 Å². The van der Waals surface area contributed by atoms with Gasteiger partial charge in [0.25, 0.3) is 5.91 Å². The van der Waals surface area contributed by atoms with Gasteiger partial charge < -0.3 is 102 Å². The SMILES string of the molecule is COCCCCCCCOc1ccc(-c2nnc(-c3ccc(C(=O)NC4C[C@@H](O)CNC(=O)[C@@H]5[C@@H](O)[C@@H](C)CN5C(=O)[C@H]([C@H](O)CCN)NC(=O)[C@H]([C@H](O)Cc5ccc(O)c(OCCNCCO)c5)NC(=O)[C@@H]5C[C@@H](O)CN5C(=O)[C@H]([C@@H](C)O)NC4=O)cc3)s2)cc1. The van der Waals surface area contributed by atoms with Gasteiger partial charge in [-0.25, -0.2) is 0 Å². The Balaban J connectivity index is 1.14. The third-order valence-electron chi connectivity index (χ3n) is 16.2. The second kappa shape index (κ2) is 35.0. The average Bonchev–Trinajstić information content (AvgIpc) is 1.63. The van der Waals surface area contributed by atoms with Gasteiger partial charge in [0.2, 0.25) is 35.4 Å². The maximum absolute atomic E-state index is 14.8. The van der Waals surface area contributed by atoms with Crippen LogP contribution < -0.4 is 47.1 Å². The number of aromatic hydroxyl groups is 1. The van der Waals surface area contributed by atoms with E-state index in [1.165, 1.54) is 48.6 Å². The molecule has 92 heavy (non-hydrogen) atoms. The number of phenols is 1. The number of β-amino-alcohol motifs (C(OH)–C–C–N with tert-alkyl or cyclic N) is 1. The van der Waals surface area contributed by atoms with Crippen LogP contribution in [0.3, 0.4) is 0 Å². The minimum atomic E-state index is -2.06. The van der Waals surface area contributed by atoms with Crippen molar-refractivity contribution in [2.24, 2.45) is 11.7 Å². The molecule has 16 N–H and O–H groups in total. The lowest BCUT2D eigenvalue weighted by atomic mass is 9.98. The van der Waals surface area contributed by atoms with Gasteiger partial charge in [-0.15, -0.1) is 10.2 Å².